The van der Waals surface area contributed by atoms with Gasteiger partial charge in [0, 0.05) is 0 Å². The molecule has 0 amide bonds. The number of aliphatic hydroxyl groups is 1. The van der Waals surface area contributed by atoms with Gasteiger partial charge in [-0.2, -0.15) is 0 Å². The number of rotatable bonds is 4. The molecule has 0 radical (unpaired) electrons. The highest BCUT2D eigenvalue weighted by Gasteiger charge is 2.40. The second kappa shape index (κ2) is 3.62. The molecule has 2 atom stereocenters. The molecule has 0 bridgehead atoms. The number of carboxylic acid groups (broad SMARTS) is 1. The van der Waals surface area contributed by atoms with Crippen LogP contribution in [0.1, 0.15) is 32.6 Å². The maximum atomic E-state index is 13.0. The summed E-state index contributed by atoms with van der Waals surface area (Å²) in [6.07, 6.45) is 1.13. The Morgan fingerprint density at radius 3 is 2.54 bits per heavy atom. The average molecular weight is 190 g/mol. The van der Waals surface area contributed by atoms with E-state index in [2.05, 4.69) is 0 Å². The van der Waals surface area contributed by atoms with Crippen molar-refractivity contribution in [2.45, 2.75) is 44.4 Å². The van der Waals surface area contributed by atoms with Crippen molar-refractivity contribution in [3.05, 3.63) is 0 Å². The molecule has 3 nitrogen and oxygen atoms in total. The predicted molar refractivity (Wildman–Crippen MR) is 45.1 cm³/mol. The Morgan fingerprint density at radius 2 is 2.23 bits per heavy atom. The maximum absolute atomic E-state index is 13.0. The maximum Gasteiger partial charge on any atom is 0.341 e. The normalized spacial score (nSPS) is 24.5. The van der Waals surface area contributed by atoms with Crippen molar-refractivity contribution < 1.29 is 19.4 Å². The van der Waals surface area contributed by atoms with Crippen LogP contribution < -0.4 is 0 Å². The van der Waals surface area contributed by atoms with Crippen molar-refractivity contribution in [3.63, 3.8) is 0 Å². The third-order valence-corrected chi connectivity index (χ3v) is 2.69. The second-order valence-electron chi connectivity index (χ2n) is 4.06. The minimum Gasteiger partial charge on any atom is -0.479 e. The van der Waals surface area contributed by atoms with Gasteiger partial charge in [0.1, 0.15) is 5.60 Å². The molecule has 0 saturated heterocycles. The fourth-order valence-corrected chi connectivity index (χ4v) is 1.65. The summed E-state index contributed by atoms with van der Waals surface area (Å²) in [5, 5.41) is 17.9. The topological polar surface area (TPSA) is 57.5 Å². The summed E-state index contributed by atoms with van der Waals surface area (Å²) in [4.78, 5) is 10.3. The van der Waals surface area contributed by atoms with Crippen LogP contribution >= 0.6 is 0 Å². The Hall–Kier alpha value is -0.640. The second-order valence-corrected chi connectivity index (χ2v) is 4.06. The first-order chi connectivity index (χ1) is 5.93. The van der Waals surface area contributed by atoms with Crippen molar-refractivity contribution in [3.8, 4) is 0 Å². The van der Waals surface area contributed by atoms with E-state index in [-0.39, 0.29) is 6.42 Å². The van der Waals surface area contributed by atoms with Gasteiger partial charge in [-0.25, -0.2) is 9.18 Å². The lowest BCUT2D eigenvalue weighted by molar-refractivity contribution is -0.154. The van der Waals surface area contributed by atoms with E-state index in [0.29, 0.717) is 5.92 Å². The van der Waals surface area contributed by atoms with Crippen molar-refractivity contribution in [2.75, 3.05) is 0 Å². The molecule has 0 aromatic heterocycles. The molecule has 1 saturated carbocycles. The molecule has 1 fully saturated rings. The third kappa shape index (κ3) is 2.40. The number of hydrogen-bond acceptors (Lipinski definition) is 2. The van der Waals surface area contributed by atoms with Crippen molar-refractivity contribution in [1.29, 1.82) is 0 Å². The highest BCUT2D eigenvalue weighted by Crippen LogP contribution is 2.35. The smallest absolute Gasteiger partial charge is 0.341 e. The van der Waals surface area contributed by atoms with Crippen molar-refractivity contribution >= 4 is 5.97 Å². The molecule has 2 N–H and O–H groups in total. The monoisotopic (exact) mass is 190 g/mol. The number of hydrogen-bond donors (Lipinski definition) is 2. The van der Waals surface area contributed by atoms with Gasteiger partial charge in [0.2, 0.25) is 6.17 Å². The number of carboxylic acids is 1. The Morgan fingerprint density at radius 1 is 1.69 bits per heavy atom. The summed E-state index contributed by atoms with van der Waals surface area (Å²) in [6.45, 7) is 1.25. The van der Waals surface area contributed by atoms with Crippen LogP contribution in [0.15, 0.2) is 0 Å². The van der Waals surface area contributed by atoms with Gasteiger partial charge >= 0.3 is 5.97 Å². The van der Waals surface area contributed by atoms with Crippen LogP contribution in [0.5, 0.6) is 0 Å². The van der Waals surface area contributed by atoms with Crippen molar-refractivity contribution in [2.24, 2.45) is 5.92 Å². The van der Waals surface area contributed by atoms with Crippen LogP contribution in [0.4, 0.5) is 4.39 Å². The van der Waals surface area contributed by atoms with Crippen LogP contribution in [0.3, 0.4) is 0 Å². The Labute approximate surface area is 76.6 Å². The van der Waals surface area contributed by atoms with E-state index < -0.39 is 17.7 Å². The summed E-state index contributed by atoms with van der Waals surface area (Å²) in [5.74, 6) is -1.28. The Balaban J connectivity index is 2.47. The summed E-state index contributed by atoms with van der Waals surface area (Å²) >= 11 is 0. The van der Waals surface area contributed by atoms with Gasteiger partial charge < -0.3 is 10.2 Å². The van der Waals surface area contributed by atoms with Crippen LogP contribution in [0.25, 0.3) is 0 Å². The molecule has 0 aliphatic heterocycles. The zero-order valence-electron chi connectivity index (χ0n) is 7.66. The minimum absolute atomic E-state index is 0.250. The highest BCUT2D eigenvalue weighted by molar-refractivity contribution is 5.73. The van der Waals surface area contributed by atoms with Gasteiger partial charge in [-0.15, -0.1) is 0 Å². The molecule has 4 heteroatoms. The zero-order chi connectivity index (χ0) is 10.1. The first kappa shape index (κ1) is 10.4. The van der Waals surface area contributed by atoms with Gasteiger partial charge in [0.25, 0.3) is 0 Å². The van der Waals surface area contributed by atoms with E-state index in [0.717, 1.165) is 19.3 Å². The number of alkyl halides is 1. The number of aliphatic carboxylic acids is 1. The van der Waals surface area contributed by atoms with Gasteiger partial charge in [0.05, 0.1) is 0 Å². The fraction of sp³-hybridized carbons (Fsp3) is 0.889. The summed E-state index contributed by atoms with van der Waals surface area (Å²) < 4.78 is 13.0. The number of halogens is 1. The fourth-order valence-electron chi connectivity index (χ4n) is 1.65. The van der Waals surface area contributed by atoms with Gasteiger partial charge in [0.15, 0.2) is 0 Å². The van der Waals surface area contributed by atoms with E-state index in [1.54, 1.807) is 0 Å². The van der Waals surface area contributed by atoms with Crippen LogP contribution in [0.2, 0.25) is 0 Å². The number of carbonyl (C=O) groups is 1. The quantitative estimate of drug-likeness (QED) is 0.703. The Bertz CT molecular complexity index is 199. The molecule has 0 spiro atoms. The molecule has 1 aliphatic rings. The van der Waals surface area contributed by atoms with Gasteiger partial charge in [-0.05, 0) is 19.3 Å². The lowest BCUT2D eigenvalue weighted by Crippen LogP contribution is -2.44. The molecule has 1 rings (SSSR count). The SMILES string of the molecule is CC(O)(CC1CCC1)C(F)C(=O)O. The average Bonchev–Trinajstić information content (AvgIpc) is 1.95. The third-order valence-electron chi connectivity index (χ3n) is 2.69. The minimum atomic E-state index is -2.17. The van der Waals surface area contributed by atoms with Crippen LogP contribution in [0, 0.1) is 5.92 Å². The van der Waals surface area contributed by atoms with E-state index >= 15 is 0 Å². The summed E-state index contributed by atoms with van der Waals surface area (Å²) in [7, 11) is 0. The van der Waals surface area contributed by atoms with Gasteiger partial charge in [-0.3, -0.25) is 0 Å². The molecular weight excluding hydrogens is 175 g/mol. The lowest BCUT2D eigenvalue weighted by Gasteiger charge is -2.33. The molecule has 1 aliphatic carbocycles. The van der Waals surface area contributed by atoms with E-state index in [9.17, 15) is 14.3 Å². The van der Waals surface area contributed by atoms with Crippen LogP contribution in [-0.2, 0) is 4.79 Å². The first-order valence-corrected chi connectivity index (χ1v) is 4.53. The lowest BCUT2D eigenvalue weighted by atomic mass is 9.76. The molecule has 0 heterocycles. The largest absolute Gasteiger partial charge is 0.479 e. The standard InChI is InChI=1S/C9H15FO3/c1-9(13,7(10)8(11)12)5-6-3-2-4-6/h6-7,13H,2-5H2,1H3,(H,11,12). The molecule has 0 aromatic rings. The molecule has 2 unspecified atom stereocenters. The molecule has 13 heavy (non-hydrogen) atoms. The van der Waals surface area contributed by atoms with E-state index in [4.69, 9.17) is 5.11 Å². The predicted octanol–water partition coefficient (Wildman–Crippen LogP) is 1.35. The summed E-state index contributed by atoms with van der Waals surface area (Å²) in [5.41, 5.74) is -1.71. The zero-order valence-corrected chi connectivity index (χ0v) is 7.66. The Kier molecular flexibility index (Phi) is 2.91. The molecule has 0 aromatic carbocycles. The molecular formula is C9H15FO3. The van der Waals surface area contributed by atoms with Crippen LogP contribution in [-0.4, -0.2) is 28.0 Å². The van der Waals surface area contributed by atoms with E-state index in [1.165, 1.54) is 6.92 Å². The summed E-state index contributed by atoms with van der Waals surface area (Å²) in [6, 6.07) is 0. The van der Waals surface area contributed by atoms with Crippen molar-refractivity contribution in [1.82, 2.24) is 0 Å². The van der Waals surface area contributed by atoms with Gasteiger partial charge in [-0.1, -0.05) is 19.3 Å². The molecule has 76 valence electrons. The van der Waals surface area contributed by atoms with E-state index in [1.807, 2.05) is 0 Å². The highest BCUT2D eigenvalue weighted by atomic mass is 19.1. The first-order valence-electron chi connectivity index (χ1n) is 4.53.